The molecule has 116 valence electrons. The van der Waals surface area contributed by atoms with Gasteiger partial charge < -0.3 is 24.9 Å². The summed E-state index contributed by atoms with van der Waals surface area (Å²) in [7, 11) is 0. The summed E-state index contributed by atoms with van der Waals surface area (Å²) in [5.41, 5.74) is 6.91. The van der Waals surface area contributed by atoms with Gasteiger partial charge in [0, 0.05) is 0 Å². The fraction of sp³-hybridized carbons (Fsp3) is 0.500. The second kappa shape index (κ2) is 4.48. The lowest BCUT2D eigenvalue weighted by atomic mass is 9.94. The van der Waals surface area contributed by atoms with Crippen LogP contribution in [-0.2, 0) is 9.47 Å². The van der Waals surface area contributed by atoms with Gasteiger partial charge in [-0.05, 0) is 13.8 Å². The number of ether oxygens (including phenoxy) is 2. The summed E-state index contributed by atoms with van der Waals surface area (Å²) >= 11 is 0. The number of rotatable bonds is 1. The Morgan fingerprint density at radius 1 is 1.23 bits per heavy atom. The average molecular weight is 303 g/mol. The van der Waals surface area contributed by atoms with Gasteiger partial charge in [-0.1, -0.05) is 12.2 Å². The van der Waals surface area contributed by atoms with E-state index in [0.717, 1.165) is 0 Å². The molecule has 8 nitrogen and oxygen atoms in total. The molecule has 1 saturated heterocycles. The highest BCUT2D eigenvalue weighted by Gasteiger charge is 2.48. The number of fused-ring (bicyclic) bond motifs is 2. The number of aliphatic hydroxyl groups excluding tert-OH is 1. The molecule has 1 aliphatic heterocycles. The maximum Gasteiger partial charge on any atom is 0.166 e. The summed E-state index contributed by atoms with van der Waals surface area (Å²) in [6.07, 6.45) is 5.33. The lowest BCUT2D eigenvalue weighted by Gasteiger charge is -2.31. The molecule has 4 atom stereocenters. The van der Waals surface area contributed by atoms with E-state index in [1.807, 2.05) is 26.0 Å². The molecule has 1 fully saturated rings. The van der Waals surface area contributed by atoms with E-state index in [4.69, 9.17) is 15.2 Å². The van der Waals surface area contributed by atoms with Crippen LogP contribution < -0.4 is 5.73 Å². The Bertz CT molecular complexity index is 756. The number of anilines is 1. The van der Waals surface area contributed by atoms with Crippen molar-refractivity contribution in [1.29, 1.82) is 0 Å². The highest BCUT2D eigenvalue weighted by Crippen LogP contribution is 2.38. The minimum atomic E-state index is -0.773. The summed E-state index contributed by atoms with van der Waals surface area (Å²) in [5, 5.41) is 10.7. The van der Waals surface area contributed by atoms with Gasteiger partial charge in [-0.2, -0.15) is 0 Å². The van der Waals surface area contributed by atoms with Gasteiger partial charge in [0.2, 0.25) is 0 Å². The third-order valence-electron chi connectivity index (χ3n) is 4.06. The van der Waals surface area contributed by atoms with Gasteiger partial charge in [0.25, 0.3) is 0 Å². The third kappa shape index (κ3) is 1.92. The fourth-order valence-corrected chi connectivity index (χ4v) is 3.11. The molecule has 0 aromatic carbocycles. The van der Waals surface area contributed by atoms with Gasteiger partial charge >= 0.3 is 0 Å². The number of hydrogen-bond donors (Lipinski definition) is 2. The van der Waals surface area contributed by atoms with Crippen LogP contribution in [0.2, 0.25) is 0 Å². The second-order valence-corrected chi connectivity index (χ2v) is 6.01. The summed E-state index contributed by atoms with van der Waals surface area (Å²) in [6.45, 7) is 3.67. The Hall–Kier alpha value is -2.03. The largest absolute Gasteiger partial charge is 0.388 e. The molecule has 2 aliphatic rings. The van der Waals surface area contributed by atoms with Gasteiger partial charge in [0.05, 0.1) is 12.4 Å². The van der Waals surface area contributed by atoms with Crippen LogP contribution in [-0.4, -0.2) is 48.7 Å². The SMILES string of the molecule is CC1(C)O[C@@H]2[C@@H](O)[C@H](n3cnc4c(N)ncnc43)C=C[C@@H]2O1. The Kier molecular flexibility index (Phi) is 2.77. The van der Waals surface area contributed by atoms with E-state index in [0.29, 0.717) is 17.0 Å². The molecule has 22 heavy (non-hydrogen) atoms. The molecule has 2 aromatic rings. The molecule has 0 saturated carbocycles. The number of hydrogen-bond acceptors (Lipinski definition) is 7. The van der Waals surface area contributed by atoms with Crippen molar-refractivity contribution < 1.29 is 14.6 Å². The van der Waals surface area contributed by atoms with Crippen LogP contribution >= 0.6 is 0 Å². The van der Waals surface area contributed by atoms with Gasteiger partial charge in [-0.15, -0.1) is 0 Å². The molecule has 2 aromatic heterocycles. The van der Waals surface area contributed by atoms with E-state index in [9.17, 15) is 5.11 Å². The Morgan fingerprint density at radius 3 is 2.86 bits per heavy atom. The highest BCUT2D eigenvalue weighted by atomic mass is 16.8. The van der Waals surface area contributed by atoms with Crippen molar-refractivity contribution in [3.05, 3.63) is 24.8 Å². The predicted octanol–water partition coefficient (Wildman–Crippen LogP) is 0.400. The first-order valence-electron chi connectivity index (χ1n) is 7.11. The first kappa shape index (κ1) is 13.6. The average Bonchev–Trinajstić information content (AvgIpc) is 3.01. The van der Waals surface area contributed by atoms with Crippen molar-refractivity contribution in [3.63, 3.8) is 0 Å². The molecule has 3 heterocycles. The molecule has 0 bridgehead atoms. The molecular formula is C14H17N5O3. The van der Waals surface area contributed by atoms with Crippen molar-refractivity contribution in [2.24, 2.45) is 0 Å². The quantitative estimate of drug-likeness (QED) is 0.734. The normalized spacial score (nSPS) is 33.2. The van der Waals surface area contributed by atoms with E-state index < -0.39 is 18.0 Å². The second-order valence-electron chi connectivity index (χ2n) is 6.01. The first-order valence-corrected chi connectivity index (χ1v) is 7.11. The molecule has 1 aliphatic carbocycles. The zero-order valence-corrected chi connectivity index (χ0v) is 12.2. The smallest absolute Gasteiger partial charge is 0.166 e. The monoisotopic (exact) mass is 303 g/mol. The zero-order chi connectivity index (χ0) is 15.5. The van der Waals surface area contributed by atoms with Crippen LogP contribution in [0, 0.1) is 0 Å². The number of aliphatic hydroxyl groups is 1. The van der Waals surface area contributed by atoms with Gasteiger partial charge in [0.15, 0.2) is 17.3 Å². The summed E-state index contributed by atoms with van der Waals surface area (Å²) in [4.78, 5) is 12.4. The molecule has 4 rings (SSSR count). The van der Waals surface area contributed by atoms with Crippen molar-refractivity contribution in [1.82, 2.24) is 19.5 Å². The summed E-state index contributed by atoms with van der Waals surface area (Å²) < 4.78 is 13.3. The van der Waals surface area contributed by atoms with Crippen molar-refractivity contribution in [2.45, 2.75) is 44.0 Å². The molecule has 0 amide bonds. The number of aromatic nitrogens is 4. The topological polar surface area (TPSA) is 108 Å². The maximum atomic E-state index is 10.7. The lowest BCUT2D eigenvalue weighted by Crippen LogP contribution is -2.43. The fourth-order valence-electron chi connectivity index (χ4n) is 3.11. The van der Waals surface area contributed by atoms with Crippen LogP contribution in [0.3, 0.4) is 0 Å². The molecule has 0 unspecified atom stereocenters. The van der Waals surface area contributed by atoms with Gasteiger partial charge in [-0.25, -0.2) is 15.0 Å². The van der Waals surface area contributed by atoms with Crippen molar-refractivity contribution in [3.8, 4) is 0 Å². The molecular weight excluding hydrogens is 286 g/mol. The number of nitrogen functional groups attached to an aromatic ring is 1. The highest BCUT2D eigenvalue weighted by molar-refractivity contribution is 5.81. The minimum absolute atomic E-state index is 0.254. The Labute approximate surface area is 126 Å². The zero-order valence-electron chi connectivity index (χ0n) is 12.2. The minimum Gasteiger partial charge on any atom is -0.388 e. The van der Waals surface area contributed by atoms with Gasteiger partial charge in [0.1, 0.15) is 30.2 Å². The van der Waals surface area contributed by atoms with Crippen molar-refractivity contribution >= 4 is 17.0 Å². The third-order valence-corrected chi connectivity index (χ3v) is 4.06. The molecule has 8 heteroatoms. The first-order chi connectivity index (χ1) is 10.5. The summed E-state index contributed by atoms with van der Waals surface area (Å²) in [6, 6.07) is -0.349. The van der Waals surface area contributed by atoms with E-state index in [1.54, 1.807) is 10.9 Å². The Balaban J connectivity index is 1.74. The van der Waals surface area contributed by atoms with Gasteiger partial charge in [-0.3, -0.25) is 0 Å². The van der Waals surface area contributed by atoms with E-state index in [1.165, 1.54) is 6.33 Å². The van der Waals surface area contributed by atoms with Crippen LogP contribution in [0.25, 0.3) is 11.2 Å². The Morgan fingerprint density at radius 2 is 2.05 bits per heavy atom. The molecule has 0 radical (unpaired) electrons. The number of imidazole rings is 1. The summed E-state index contributed by atoms with van der Waals surface area (Å²) in [5.74, 6) is -0.392. The number of nitrogens with two attached hydrogens (primary N) is 1. The molecule has 0 spiro atoms. The van der Waals surface area contributed by atoms with Crippen molar-refractivity contribution in [2.75, 3.05) is 5.73 Å². The van der Waals surface area contributed by atoms with Crippen LogP contribution in [0.1, 0.15) is 19.9 Å². The van der Waals surface area contributed by atoms with E-state index >= 15 is 0 Å². The van der Waals surface area contributed by atoms with Crippen LogP contribution in [0.15, 0.2) is 24.8 Å². The van der Waals surface area contributed by atoms with E-state index in [-0.39, 0.29) is 12.1 Å². The molecule has 3 N–H and O–H groups in total. The van der Waals surface area contributed by atoms with E-state index in [2.05, 4.69) is 15.0 Å². The maximum absolute atomic E-state index is 10.7. The van der Waals surface area contributed by atoms with Crippen LogP contribution in [0.5, 0.6) is 0 Å². The lowest BCUT2D eigenvalue weighted by molar-refractivity contribution is -0.154. The predicted molar refractivity (Wildman–Crippen MR) is 77.7 cm³/mol. The number of nitrogens with zero attached hydrogens (tertiary/aromatic N) is 4. The van der Waals surface area contributed by atoms with Crippen LogP contribution in [0.4, 0.5) is 5.82 Å². The standard InChI is InChI=1S/C14H17N5O3/c1-14(2)21-8-4-3-7(10(20)11(8)22-14)19-6-18-9-12(15)16-5-17-13(9)19/h3-8,10-11,20H,1-2H3,(H2,15,16,17)/t7-,8+,10+,11+/m1/s1.